The van der Waals surface area contributed by atoms with E-state index in [9.17, 15) is 5.26 Å². The molecule has 3 aromatic carbocycles. The van der Waals surface area contributed by atoms with Crippen LogP contribution >= 0.6 is 0 Å². The van der Waals surface area contributed by atoms with Crippen LogP contribution in [0.25, 0.3) is 27.9 Å². The first-order chi connectivity index (χ1) is 14.6. The molecule has 1 aliphatic rings. The first kappa shape index (κ1) is 18.0. The number of allylic oxidation sites excluding steroid dienone is 3. The van der Waals surface area contributed by atoms with E-state index >= 15 is 0 Å². The summed E-state index contributed by atoms with van der Waals surface area (Å²) in [5, 5.41) is 10.1. The summed E-state index contributed by atoms with van der Waals surface area (Å²) in [6.07, 6.45) is 1.94. The number of ether oxygens (including phenoxy) is 1. The smallest absolute Gasteiger partial charge is 0.149 e. The van der Waals surface area contributed by atoms with Gasteiger partial charge in [-0.15, -0.1) is 0 Å². The second-order valence-electron chi connectivity index (χ2n) is 7.48. The number of imidazole rings is 1. The lowest BCUT2D eigenvalue weighted by atomic mass is 9.93. The van der Waals surface area contributed by atoms with Gasteiger partial charge in [-0.1, -0.05) is 53.6 Å². The second-order valence-corrected chi connectivity index (χ2v) is 7.48. The molecule has 5 rings (SSSR count). The summed E-state index contributed by atoms with van der Waals surface area (Å²) in [6, 6.07) is 24.4. The van der Waals surface area contributed by atoms with E-state index in [4.69, 9.17) is 4.74 Å². The molecule has 0 saturated heterocycles. The Morgan fingerprint density at radius 1 is 0.967 bits per heavy atom. The highest BCUT2D eigenvalue weighted by Crippen LogP contribution is 2.40. The molecule has 0 aliphatic carbocycles. The zero-order valence-electron chi connectivity index (χ0n) is 16.7. The molecular weight excluding hydrogens is 370 g/mol. The molecule has 0 spiro atoms. The molecule has 2 heterocycles. The number of hydrogen-bond acceptors (Lipinski definition) is 3. The van der Waals surface area contributed by atoms with E-state index in [1.807, 2.05) is 67.6 Å². The van der Waals surface area contributed by atoms with E-state index in [-0.39, 0.29) is 0 Å². The maximum atomic E-state index is 10.1. The second kappa shape index (κ2) is 7.06. The Balaban J connectivity index is 1.76. The lowest BCUT2D eigenvalue weighted by Crippen LogP contribution is -2.05. The van der Waals surface area contributed by atoms with Crippen LogP contribution in [-0.4, -0.2) is 9.97 Å². The lowest BCUT2D eigenvalue weighted by Gasteiger charge is -2.22. The quantitative estimate of drug-likeness (QED) is 0.425. The van der Waals surface area contributed by atoms with Crippen LogP contribution in [0, 0.1) is 25.2 Å². The molecule has 0 unspecified atom stereocenters. The molecule has 30 heavy (non-hydrogen) atoms. The van der Waals surface area contributed by atoms with Crippen molar-refractivity contribution in [2.75, 3.05) is 0 Å². The van der Waals surface area contributed by atoms with Gasteiger partial charge < -0.3 is 9.72 Å². The lowest BCUT2D eigenvalue weighted by molar-refractivity contribution is 0.509. The molecule has 1 N–H and O–H groups in total. The highest BCUT2D eigenvalue weighted by Gasteiger charge is 2.23. The van der Waals surface area contributed by atoms with E-state index in [2.05, 4.69) is 35.1 Å². The van der Waals surface area contributed by atoms with Crippen molar-refractivity contribution < 1.29 is 4.74 Å². The highest BCUT2D eigenvalue weighted by molar-refractivity contribution is 6.05. The Morgan fingerprint density at radius 2 is 1.73 bits per heavy atom. The van der Waals surface area contributed by atoms with Gasteiger partial charge in [-0.2, -0.15) is 5.26 Å². The number of nitrogens with one attached hydrogen (secondary N) is 1. The number of rotatable bonds is 2. The van der Waals surface area contributed by atoms with Gasteiger partial charge >= 0.3 is 0 Å². The fourth-order valence-electron chi connectivity index (χ4n) is 3.68. The summed E-state index contributed by atoms with van der Waals surface area (Å²) in [6.45, 7) is 4.09. The minimum atomic E-state index is 0.492. The first-order valence-corrected chi connectivity index (χ1v) is 9.79. The van der Waals surface area contributed by atoms with Crippen LogP contribution < -0.4 is 4.74 Å². The van der Waals surface area contributed by atoms with Crippen LogP contribution in [0.3, 0.4) is 0 Å². The minimum absolute atomic E-state index is 0.492. The van der Waals surface area contributed by atoms with Gasteiger partial charge in [0, 0.05) is 16.7 Å². The molecule has 0 amide bonds. The molecule has 0 radical (unpaired) electrons. The van der Waals surface area contributed by atoms with Crippen LogP contribution in [-0.2, 0) is 0 Å². The third-order valence-electron chi connectivity index (χ3n) is 5.26. The standard InChI is InChI=1S/C26H19N3O/c1-16-7-10-18(11-8-16)25-14-19(20-13-17(2)9-12-24(20)30-25)21(15-27)26-28-22-5-3-4-6-23(22)29-26/h3-14H,1-2H3,(H,28,29). The number of fused-ring (bicyclic) bond motifs is 2. The van der Waals surface area contributed by atoms with Crippen LogP contribution in [0.4, 0.5) is 0 Å². The van der Waals surface area contributed by atoms with Gasteiger partial charge in [-0.25, -0.2) is 4.98 Å². The predicted molar refractivity (Wildman–Crippen MR) is 119 cm³/mol. The van der Waals surface area contributed by atoms with Crippen molar-refractivity contribution in [3.63, 3.8) is 0 Å². The number of aromatic amines is 1. The molecule has 1 aromatic heterocycles. The molecule has 0 atom stereocenters. The molecule has 1 aliphatic heterocycles. The normalized spacial score (nSPS) is 14.5. The van der Waals surface area contributed by atoms with Crippen molar-refractivity contribution in [3.05, 3.63) is 101 Å². The maximum Gasteiger partial charge on any atom is 0.149 e. The number of nitriles is 1. The third kappa shape index (κ3) is 3.07. The SMILES string of the molecule is Cc1ccc(C2=CC(=C(C#N)c3nc4ccccc4[nH]3)c3cc(C)ccc3O2)cc1. The Morgan fingerprint density at radius 3 is 2.50 bits per heavy atom. The zero-order valence-corrected chi connectivity index (χ0v) is 16.7. The molecule has 144 valence electrons. The van der Waals surface area contributed by atoms with E-state index < -0.39 is 0 Å². The van der Waals surface area contributed by atoms with Crippen molar-refractivity contribution in [3.8, 4) is 11.8 Å². The Labute approximate surface area is 174 Å². The number of H-pyrrole nitrogens is 1. The molecule has 4 nitrogen and oxygen atoms in total. The van der Waals surface area contributed by atoms with Crippen molar-refractivity contribution in [2.24, 2.45) is 0 Å². The van der Waals surface area contributed by atoms with Gasteiger partial charge in [0.2, 0.25) is 0 Å². The summed E-state index contributed by atoms with van der Waals surface area (Å²) in [7, 11) is 0. The van der Waals surface area contributed by atoms with Gasteiger partial charge in [0.05, 0.1) is 11.0 Å². The van der Waals surface area contributed by atoms with Crippen molar-refractivity contribution in [1.82, 2.24) is 9.97 Å². The molecule has 0 saturated carbocycles. The molecule has 0 bridgehead atoms. The zero-order chi connectivity index (χ0) is 20.7. The van der Waals surface area contributed by atoms with E-state index in [1.54, 1.807) is 0 Å². The minimum Gasteiger partial charge on any atom is -0.456 e. The van der Waals surface area contributed by atoms with Crippen LogP contribution in [0.2, 0.25) is 0 Å². The number of hydrogen-bond donors (Lipinski definition) is 1. The van der Waals surface area contributed by atoms with E-state index in [0.29, 0.717) is 17.2 Å². The summed E-state index contributed by atoms with van der Waals surface area (Å²) in [5.41, 5.74) is 7.17. The van der Waals surface area contributed by atoms with Gasteiger partial charge in [-0.3, -0.25) is 0 Å². The summed E-state index contributed by atoms with van der Waals surface area (Å²) < 4.78 is 6.22. The summed E-state index contributed by atoms with van der Waals surface area (Å²) in [5.74, 6) is 2.00. The van der Waals surface area contributed by atoms with Gasteiger partial charge in [0.15, 0.2) is 0 Å². The van der Waals surface area contributed by atoms with Crippen LogP contribution in [0.5, 0.6) is 5.75 Å². The Kier molecular flexibility index (Phi) is 4.22. The van der Waals surface area contributed by atoms with Gasteiger partial charge in [-0.05, 0) is 44.2 Å². The highest BCUT2D eigenvalue weighted by atomic mass is 16.5. The van der Waals surface area contributed by atoms with Gasteiger partial charge in [0.25, 0.3) is 0 Å². The maximum absolute atomic E-state index is 10.1. The van der Waals surface area contributed by atoms with E-state index in [0.717, 1.165) is 39.0 Å². The molecular formula is C26H19N3O. The fraction of sp³-hybridized carbons (Fsp3) is 0.0769. The van der Waals surface area contributed by atoms with Crippen molar-refractivity contribution in [1.29, 1.82) is 5.26 Å². The van der Waals surface area contributed by atoms with Crippen LogP contribution in [0.1, 0.15) is 28.1 Å². The van der Waals surface area contributed by atoms with Crippen molar-refractivity contribution in [2.45, 2.75) is 13.8 Å². The van der Waals surface area contributed by atoms with Crippen molar-refractivity contribution >= 4 is 27.9 Å². The third-order valence-corrected chi connectivity index (χ3v) is 5.26. The number of benzene rings is 3. The summed E-state index contributed by atoms with van der Waals surface area (Å²) in [4.78, 5) is 7.95. The fourth-order valence-corrected chi connectivity index (χ4v) is 3.68. The summed E-state index contributed by atoms with van der Waals surface area (Å²) >= 11 is 0. The van der Waals surface area contributed by atoms with E-state index in [1.165, 1.54) is 5.56 Å². The number of nitrogens with zero attached hydrogens (tertiary/aromatic N) is 2. The Bertz CT molecular complexity index is 1350. The number of aryl methyl sites for hydroxylation is 2. The average molecular weight is 389 g/mol. The predicted octanol–water partition coefficient (Wildman–Crippen LogP) is 6.05. The number of aromatic nitrogens is 2. The largest absolute Gasteiger partial charge is 0.456 e. The average Bonchev–Trinajstić information content (AvgIpc) is 3.18. The van der Waals surface area contributed by atoms with Gasteiger partial charge in [0.1, 0.15) is 29.0 Å². The first-order valence-electron chi connectivity index (χ1n) is 9.79. The molecule has 4 heteroatoms. The molecule has 0 fully saturated rings. The molecule has 4 aromatic rings. The monoisotopic (exact) mass is 389 g/mol. The van der Waals surface area contributed by atoms with Crippen LogP contribution in [0.15, 0.2) is 72.8 Å². The topological polar surface area (TPSA) is 61.7 Å². The number of para-hydroxylation sites is 2. The Hall–Kier alpha value is -4.10.